The van der Waals surface area contributed by atoms with Gasteiger partial charge in [-0.05, 0) is 38.1 Å². The van der Waals surface area contributed by atoms with Crippen LogP contribution in [0.15, 0.2) is 36.7 Å². The summed E-state index contributed by atoms with van der Waals surface area (Å²) in [4.78, 5) is 8.84. The van der Waals surface area contributed by atoms with Crippen LogP contribution in [0, 0.1) is 0 Å². The van der Waals surface area contributed by atoms with Crippen LogP contribution in [0.4, 0.5) is 0 Å². The van der Waals surface area contributed by atoms with Gasteiger partial charge in [-0.2, -0.15) is 0 Å². The largest absolute Gasteiger partial charge is 0.453 e. The number of hydrogen-bond acceptors (Lipinski definition) is 4. The lowest BCUT2D eigenvalue weighted by molar-refractivity contribution is 0.438. The molecule has 0 aliphatic carbocycles. The number of halogens is 1. The third kappa shape index (κ3) is 3.08. The van der Waals surface area contributed by atoms with Crippen molar-refractivity contribution < 1.29 is 4.74 Å². The number of ether oxygens (including phenoxy) is 1. The Morgan fingerprint density at radius 1 is 1.10 bits per heavy atom. The van der Waals surface area contributed by atoms with Crippen molar-refractivity contribution in [2.24, 2.45) is 0 Å². The van der Waals surface area contributed by atoms with Gasteiger partial charge in [-0.3, -0.25) is 0 Å². The average molecular weight is 290 g/mol. The van der Waals surface area contributed by atoms with Gasteiger partial charge in [0.1, 0.15) is 11.6 Å². The van der Waals surface area contributed by atoms with E-state index in [-0.39, 0.29) is 0 Å². The van der Waals surface area contributed by atoms with E-state index in [0.717, 1.165) is 31.8 Å². The summed E-state index contributed by atoms with van der Waals surface area (Å²) in [6.07, 6.45) is 5.61. The number of rotatable bonds is 3. The monoisotopic (exact) mass is 289 g/mol. The molecule has 0 amide bonds. The lowest BCUT2D eigenvalue weighted by atomic mass is 9.97. The first-order valence-corrected chi connectivity index (χ1v) is 7.16. The zero-order valence-electron chi connectivity index (χ0n) is 11.1. The van der Waals surface area contributed by atoms with Crippen LogP contribution in [0.5, 0.6) is 11.5 Å². The molecule has 0 bridgehead atoms. The van der Waals surface area contributed by atoms with Crippen molar-refractivity contribution in [3.8, 4) is 11.5 Å². The third-order valence-corrected chi connectivity index (χ3v) is 3.73. The molecule has 5 heteroatoms. The lowest BCUT2D eigenvalue weighted by Gasteiger charge is -2.21. The van der Waals surface area contributed by atoms with Gasteiger partial charge in [0.15, 0.2) is 5.75 Å². The first-order valence-electron chi connectivity index (χ1n) is 6.78. The van der Waals surface area contributed by atoms with Gasteiger partial charge in [0.05, 0.1) is 17.4 Å². The Bertz CT molecular complexity index is 568. The van der Waals surface area contributed by atoms with Crippen molar-refractivity contribution in [1.29, 1.82) is 0 Å². The standard InChI is InChI=1S/C15H16ClN3O/c16-13-3-1-2-4-14(13)20-12-9-18-15(19-10-12)11-5-7-17-8-6-11/h1-4,9-11,17H,5-8H2. The van der Waals surface area contributed by atoms with E-state index in [1.807, 2.05) is 18.2 Å². The second-order valence-electron chi connectivity index (χ2n) is 4.83. The molecule has 1 N–H and O–H groups in total. The van der Waals surface area contributed by atoms with Crippen LogP contribution in [-0.2, 0) is 0 Å². The van der Waals surface area contributed by atoms with Gasteiger partial charge in [-0.15, -0.1) is 0 Å². The first kappa shape index (κ1) is 13.3. The summed E-state index contributed by atoms with van der Waals surface area (Å²) in [7, 11) is 0. The minimum Gasteiger partial charge on any atom is -0.453 e. The SMILES string of the molecule is Clc1ccccc1Oc1cnc(C2CCNCC2)nc1. The Morgan fingerprint density at radius 3 is 2.50 bits per heavy atom. The van der Waals surface area contributed by atoms with E-state index in [0.29, 0.717) is 22.4 Å². The maximum absolute atomic E-state index is 6.05. The Labute approximate surface area is 123 Å². The van der Waals surface area contributed by atoms with Crippen molar-refractivity contribution in [3.05, 3.63) is 47.5 Å². The second kappa shape index (κ2) is 6.20. The van der Waals surface area contributed by atoms with Crippen molar-refractivity contribution >= 4 is 11.6 Å². The molecule has 1 saturated heterocycles. The van der Waals surface area contributed by atoms with Gasteiger partial charge in [-0.25, -0.2) is 9.97 Å². The van der Waals surface area contributed by atoms with Gasteiger partial charge in [0.25, 0.3) is 0 Å². The molecular weight excluding hydrogens is 274 g/mol. The molecule has 3 rings (SSSR count). The predicted molar refractivity (Wildman–Crippen MR) is 78.4 cm³/mol. The molecule has 4 nitrogen and oxygen atoms in total. The highest BCUT2D eigenvalue weighted by molar-refractivity contribution is 6.32. The number of nitrogens with one attached hydrogen (secondary N) is 1. The number of nitrogens with zero attached hydrogens (tertiary/aromatic N) is 2. The highest BCUT2D eigenvalue weighted by Crippen LogP contribution is 2.29. The quantitative estimate of drug-likeness (QED) is 0.941. The van der Waals surface area contributed by atoms with Crippen LogP contribution in [0.2, 0.25) is 5.02 Å². The van der Waals surface area contributed by atoms with E-state index in [2.05, 4.69) is 15.3 Å². The summed E-state index contributed by atoms with van der Waals surface area (Å²) in [6, 6.07) is 7.36. The van der Waals surface area contributed by atoms with E-state index in [1.165, 1.54) is 0 Å². The summed E-state index contributed by atoms with van der Waals surface area (Å²) in [5.74, 6) is 2.58. The van der Waals surface area contributed by atoms with Gasteiger partial charge in [-0.1, -0.05) is 23.7 Å². The van der Waals surface area contributed by atoms with Gasteiger partial charge in [0.2, 0.25) is 0 Å². The fourth-order valence-electron chi connectivity index (χ4n) is 2.32. The fraction of sp³-hybridized carbons (Fsp3) is 0.333. The molecule has 0 saturated carbocycles. The van der Waals surface area contributed by atoms with E-state index < -0.39 is 0 Å². The van der Waals surface area contributed by atoms with Gasteiger partial charge < -0.3 is 10.1 Å². The molecule has 104 valence electrons. The first-order chi connectivity index (χ1) is 9.83. The van der Waals surface area contributed by atoms with Crippen molar-refractivity contribution in [2.45, 2.75) is 18.8 Å². The van der Waals surface area contributed by atoms with E-state index in [1.54, 1.807) is 18.5 Å². The summed E-state index contributed by atoms with van der Waals surface area (Å²) in [6.45, 7) is 2.07. The smallest absolute Gasteiger partial charge is 0.164 e. The number of piperidine rings is 1. The van der Waals surface area contributed by atoms with Crippen LogP contribution in [0.3, 0.4) is 0 Å². The fourth-order valence-corrected chi connectivity index (χ4v) is 2.50. The predicted octanol–water partition coefficient (Wildman–Crippen LogP) is 3.39. The van der Waals surface area contributed by atoms with Crippen LogP contribution < -0.4 is 10.1 Å². The lowest BCUT2D eigenvalue weighted by Crippen LogP contribution is -2.27. The molecule has 0 radical (unpaired) electrons. The number of aromatic nitrogens is 2. The van der Waals surface area contributed by atoms with Crippen LogP contribution in [0.25, 0.3) is 0 Å². The minimum atomic E-state index is 0.450. The van der Waals surface area contributed by atoms with E-state index in [9.17, 15) is 0 Å². The van der Waals surface area contributed by atoms with Crippen molar-refractivity contribution in [1.82, 2.24) is 15.3 Å². The number of para-hydroxylation sites is 1. The van der Waals surface area contributed by atoms with Crippen molar-refractivity contribution in [2.75, 3.05) is 13.1 Å². The average Bonchev–Trinajstić information content (AvgIpc) is 2.51. The Balaban J connectivity index is 1.71. The molecule has 0 unspecified atom stereocenters. The molecule has 0 atom stereocenters. The highest BCUT2D eigenvalue weighted by atomic mass is 35.5. The highest BCUT2D eigenvalue weighted by Gasteiger charge is 2.17. The maximum Gasteiger partial charge on any atom is 0.164 e. The zero-order valence-corrected chi connectivity index (χ0v) is 11.8. The zero-order chi connectivity index (χ0) is 13.8. The molecule has 0 spiro atoms. The van der Waals surface area contributed by atoms with Crippen LogP contribution in [-0.4, -0.2) is 23.1 Å². The Kier molecular flexibility index (Phi) is 4.14. The normalized spacial score (nSPS) is 16.1. The summed E-state index contributed by atoms with van der Waals surface area (Å²) in [5, 5.41) is 3.92. The van der Waals surface area contributed by atoms with Crippen molar-refractivity contribution in [3.63, 3.8) is 0 Å². The third-order valence-electron chi connectivity index (χ3n) is 3.42. The molecule has 1 aromatic carbocycles. The topological polar surface area (TPSA) is 47.0 Å². The van der Waals surface area contributed by atoms with Crippen LogP contribution >= 0.6 is 11.6 Å². The number of benzene rings is 1. The molecule has 20 heavy (non-hydrogen) atoms. The summed E-state index contributed by atoms with van der Waals surface area (Å²) in [5.41, 5.74) is 0. The number of hydrogen-bond donors (Lipinski definition) is 1. The molecule has 1 aromatic heterocycles. The maximum atomic E-state index is 6.05. The minimum absolute atomic E-state index is 0.450. The molecule has 2 aromatic rings. The molecular formula is C15H16ClN3O. The van der Waals surface area contributed by atoms with Gasteiger partial charge >= 0.3 is 0 Å². The Hall–Kier alpha value is -1.65. The van der Waals surface area contributed by atoms with E-state index >= 15 is 0 Å². The molecule has 2 heterocycles. The molecule has 1 aliphatic rings. The van der Waals surface area contributed by atoms with Gasteiger partial charge in [0, 0.05) is 5.92 Å². The Morgan fingerprint density at radius 2 is 1.80 bits per heavy atom. The summed E-state index contributed by atoms with van der Waals surface area (Å²) >= 11 is 6.05. The van der Waals surface area contributed by atoms with Crippen LogP contribution in [0.1, 0.15) is 24.6 Å². The molecule has 1 fully saturated rings. The second-order valence-corrected chi connectivity index (χ2v) is 5.24. The summed E-state index contributed by atoms with van der Waals surface area (Å²) < 4.78 is 5.68. The van der Waals surface area contributed by atoms with E-state index in [4.69, 9.17) is 16.3 Å². The molecule has 1 aliphatic heterocycles.